The van der Waals surface area contributed by atoms with Crippen LogP contribution in [-0.4, -0.2) is 40.0 Å². The lowest BCUT2D eigenvalue weighted by Gasteiger charge is -2.46. The van der Waals surface area contributed by atoms with Crippen LogP contribution in [0.2, 0.25) is 0 Å². The van der Waals surface area contributed by atoms with Crippen molar-refractivity contribution >= 4 is 11.6 Å². The number of aromatic nitrogens is 2. The molecule has 0 bridgehead atoms. The fraction of sp³-hybridized carbons (Fsp3) is 0.360. The van der Waals surface area contributed by atoms with Crippen molar-refractivity contribution < 1.29 is 4.79 Å². The Morgan fingerprint density at radius 1 is 1.13 bits per heavy atom. The standard InChI is InChI=1S/C25H29N5O/c1-3-26-24(31)21-10-11-22-25(28-20-9-6-14-27-23(20)30(21)22)12-15-29(16-13-25)17-19-8-5-4-7-18(19)2/h4-11,14,28H,3,12-13,15-17H2,1-2H3,(H,26,31). The van der Waals surface area contributed by atoms with Crippen LogP contribution >= 0.6 is 0 Å². The van der Waals surface area contributed by atoms with Crippen molar-refractivity contribution in [3.63, 3.8) is 0 Å². The SMILES string of the molecule is CCNC(=O)c1ccc2n1-c1ncccc1NC21CCN(Cc2ccccc2C)CC1. The van der Waals surface area contributed by atoms with Crippen LogP contribution in [0.4, 0.5) is 5.69 Å². The van der Waals surface area contributed by atoms with Crippen molar-refractivity contribution in [2.75, 3.05) is 25.0 Å². The number of fused-ring (bicyclic) bond motifs is 4. The number of benzene rings is 1. The van der Waals surface area contributed by atoms with Gasteiger partial charge in [0.2, 0.25) is 0 Å². The molecule has 2 aliphatic rings. The Bertz CT molecular complexity index is 1110. The number of anilines is 1. The van der Waals surface area contributed by atoms with Gasteiger partial charge in [0.1, 0.15) is 5.69 Å². The lowest BCUT2D eigenvalue weighted by Crippen LogP contribution is -2.50. The minimum Gasteiger partial charge on any atom is -0.371 e. The lowest BCUT2D eigenvalue weighted by atomic mass is 9.82. The summed E-state index contributed by atoms with van der Waals surface area (Å²) in [4.78, 5) is 19.9. The maximum absolute atomic E-state index is 12.8. The highest BCUT2D eigenvalue weighted by Gasteiger charge is 2.43. The molecule has 0 saturated carbocycles. The van der Waals surface area contributed by atoms with Crippen molar-refractivity contribution in [3.05, 3.63) is 77.2 Å². The molecule has 0 radical (unpaired) electrons. The van der Waals surface area contributed by atoms with E-state index in [2.05, 4.69) is 68.4 Å². The highest BCUT2D eigenvalue weighted by molar-refractivity contribution is 5.94. The zero-order valence-corrected chi connectivity index (χ0v) is 18.2. The van der Waals surface area contributed by atoms with E-state index >= 15 is 0 Å². The number of nitrogens with one attached hydrogen (secondary N) is 2. The van der Waals surface area contributed by atoms with Gasteiger partial charge in [0.15, 0.2) is 5.82 Å². The van der Waals surface area contributed by atoms with E-state index in [1.807, 2.05) is 19.1 Å². The molecule has 6 nitrogen and oxygen atoms in total. The molecule has 2 aliphatic heterocycles. The quantitative estimate of drug-likeness (QED) is 0.680. The van der Waals surface area contributed by atoms with E-state index in [0.29, 0.717) is 12.2 Å². The summed E-state index contributed by atoms with van der Waals surface area (Å²) < 4.78 is 2.06. The van der Waals surface area contributed by atoms with Crippen LogP contribution in [0.5, 0.6) is 0 Å². The summed E-state index contributed by atoms with van der Waals surface area (Å²) in [5.41, 5.74) is 5.33. The van der Waals surface area contributed by atoms with Crippen LogP contribution in [0, 0.1) is 6.92 Å². The molecule has 6 heteroatoms. The Kier molecular flexibility index (Phi) is 5.02. The zero-order valence-electron chi connectivity index (χ0n) is 18.2. The number of pyridine rings is 1. The third-order valence-corrected chi connectivity index (χ3v) is 6.68. The van der Waals surface area contributed by atoms with Gasteiger partial charge in [-0.15, -0.1) is 0 Å². The Morgan fingerprint density at radius 3 is 2.71 bits per heavy atom. The van der Waals surface area contributed by atoms with Gasteiger partial charge in [0, 0.05) is 32.4 Å². The molecular weight excluding hydrogens is 386 g/mol. The summed E-state index contributed by atoms with van der Waals surface area (Å²) in [7, 11) is 0. The average Bonchev–Trinajstić information content (AvgIpc) is 3.24. The second kappa shape index (κ2) is 7.85. The van der Waals surface area contributed by atoms with Crippen molar-refractivity contribution in [2.45, 2.75) is 38.8 Å². The average molecular weight is 416 g/mol. The van der Waals surface area contributed by atoms with Gasteiger partial charge in [-0.25, -0.2) is 4.98 Å². The highest BCUT2D eigenvalue weighted by Crippen LogP contribution is 2.43. The molecule has 0 unspecified atom stereocenters. The largest absolute Gasteiger partial charge is 0.371 e. The van der Waals surface area contributed by atoms with Crippen molar-refractivity contribution in [2.24, 2.45) is 0 Å². The first-order chi connectivity index (χ1) is 15.1. The van der Waals surface area contributed by atoms with Gasteiger partial charge in [-0.1, -0.05) is 24.3 Å². The first kappa shape index (κ1) is 19.8. The third-order valence-electron chi connectivity index (χ3n) is 6.68. The Morgan fingerprint density at radius 2 is 1.94 bits per heavy atom. The topological polar surface area (TPSA) is 62.2 Å². The van der Waals surface area contributed by atoms with Gasteiger partial charge < -0.3 is 10.6 Å². The fourth-order valence-corrected chi connectivity index (χ4v) is 4.96. The number of carbonyl (C=O) groups is 1. The van der Waals surface area contributed by atoms with E-state index in [4.69, 9.17) is 0 Å². The number of rotatable bonds is 4. The van der Waals surface area contributed by atoms with Crippen LogP contribution in [0.15, 0.2) is 54.7 Å². The van der Waals surface area contributed by atoms with Gasteiger partial charge in [-0.3, -0.25) is 14.3 Å². The Balaban J connectivity index is 1.45. The molecule has 2 aromatic heterocycles. The van der Waals surface area contributed by atoms with Crippen molar-refractivity contribution in [1.29, 1.82) is 0 Å². The molecule has 0 atom stereocenters. The summed E-state index contributed by atoms with van der Waals surface area (Å²) in [6.45, 7) is 7.70. The molecule has 1 spiro atoms. The summed E-state index contributed by atoms with van der Waals surface area (Å²) in [5.74, 6) is 0.746. The number of hydrogen-bond donors (Lipinski definition) is 2. The fourth-order valence-electron chi connectivity index (χ4n) is 4.96. The van der Waals surface area contributed by atoms with Crippen LogP contribution in [-0.2, 0) is 12.1 Å². The third kappa shape index (κ3) is 3.41. The van der Waals surface area contributed by atoms with E-state index in [9.17, 15) is 4.79 Å². The van der Waals surface area contributed by atoms with Gasteiger partial charge in [0.05, 0.1) is 16.9 Å². The molecule has 4 heterocycles. The van der Waals surface area contributed by atoms with Crippen molar-refractivity contribution in [1.82, 2.24) is 19.8 Å². The number of hydrogen-bond acceptors (Lipinski definition) is 4. The smallest absolute Gasteiger partial charge is 0.268 e. The molecule has 31 heavy (non-hydrogen) atoms. The van der Waals surface area contributed by atoms with Gasteiger partial charge in [-0.05, 0) is 62.1 Å². The number of piperidine rings is 1. The van der Waals surface area contributed by atoms with Crippen LogP contribution in [0.25, 0.3) is 5.82 Å². The zero-order chi connectivity index (χ0) is 21.4. The summed E-state index contributed by atoms with van der Waals surface area (Å²) in [6, 6.07) is 16.7. The van der Waals surface area contributed by atoms with Crippen LogP contribution in [0.3, 0.4) is 0 Å². The number of nitrogens with zero attached hydrogens (tertiary/aromatic N) is 3. The molecule has 0 aliphatic carbocycles. The Labute approximate surface area is 183 Å². The minimum absolute atomic E-state index is 0.0561. The van der Waals surface area contributed by atoms with E-state index in [0.717, 1.165) is 49.7 Å². The van der Waals surface area contributed by atoms with Crippen LogP contribution < -0.4 is 10.6 Å². The van der Waals surface area contributed by atoms with Gasteiger partial charge in [0.25, 0.3) is 5.91 Å². The lowest BCUT2D eigenvalue weighted by molar-refractivity contribution is 0.0947. The first-order valence-corrected chi connectivity index (χ1v) is 11.1. The molecule has 1 saturated heterocycles. The molecular formula is C25H29N5O. The molecule has 5 rings (SSSR count). The van der Waals surface area contributed by atoms with Crippen molar-refractivity contribution in [3.8, 4) is 5.82 Å². The maximum Gasteiger partial charge on any atom is 0.268 e. The molecule has 1 fully saturated rings. The highest BCUT2D eigenvalue weighted by atomic mass is 16.1. The number of likely N-dealkylation sites (tertiary alicyclic amines) is 1. The van der Waals surface area contributed by atoms with Gasteiger partial charge >= 0.3 is 0 Å². The second-order valence-electron chi connectivity index (χ2n) is 8.58. The minimum atomic E-state index is -0.191. The number of amides is 1. The second-order valence-corrected chi connectivity index (χ2v) is 8.58. The van der Waals surface area contributed by atoms with E-state index < -0.39 is 0 Å². The monoisotopic (exact) mass is 415 g/mol. The molecule has 160 valence electrons. The van der Waals surface area contributed by atoms with E-state index in [1.54, 1.807) is 6.20 Å². The molecule has 1 aromatic carbocycles. The predicted octanol–water partition coefficient (Wildman–Crippen LogP) is 3.85. The molecule has 3 aromatic rings. The summed E-state index contributed by atoms with van der Waals surface area (Å²) in [6.07, 6.45) is 3.74. The predicted molar refractivity (Wildman–Crippen MR) is 123 cm³/mol. The van der Waals surface area contributed by atoms with Gasteiger partial charge in [-0.2, -0.15) is 0 Å². The van der Waals surface area contributed by atoms with E-state index in [1.165, 1.54) is 11.1 Å². The first-order valence-electron chi connectivity index (χ1n) is 11.1. The summed E-state index contributed by atoms with van der Waals surface area (Å²) >= 11 is 0. The number of aryl methyl sites for hydroxylation is 1. The molecule has 1 amide bonds. The molecule has 2 N–H and O–H groups in total. The maximum atomic E-state index is 12.8. The Hall–Kier alpha value is -3.12. The van der Waals surface area contributed by atoms with E-state index in [-0.39, 0.29) is 11.4 Å². The summed E-state index contributed by atoms with van der Waals surface area (Å²) in [5, 5.41) is 6.75. The normalized spacial score (nSPS) is 17.0. The van der Waals surface area contributed by atoms with Crippen LogP contribution in [0.1, 0.15) is 47.1 Å². The number of carbonyl (C=O) groups excluding carboxylic acids is 1.